The Labute approximate surface area is 102 Å². The van der Waals surface area contributed by atoms with E-state index in [-0.39, 0.29) is 0 Å². The van der Waals surface area contributed by atoms with Crippen molar-refractivity contribution in [1.82, 2.24) is 0 Å². The molecule has 0 nitrogen and oxygen atoms in total. The van der Waals surface area contributed by atoms with Gasteiger partial charge in [0.25, 0.3) is 0 Å². The van der Waals surface area contributed by atoms with Gasteiger partial charge in [-0.1, -0.05) is 45.8 Å². The average molecular weight is 220 g/mol. The van der Waals surface area contributed by atoms with Gasteiger partial charge >= 0.3 is 0 Å². The molecular weight excluding hydrogens is 192 g/mol. The molecule has 0 aromatic carbocycles. The molecule has 0 bridgehead atoms. The van der Waals surface area contributed by atoms with E-state index in [9.17, 15) is 0 Å². The van der Waals surface area contributed by atoms with Crippen LogP contribution in [0.4, 0.5) is 0 Å². The van der Waals surface area contributed by atoms with Gasteiger partial charge < -0.3 is 0 Å². The Bertz CT molecular complexity index is 259. The molecule has 0 heterocycles. The van der Waals surface area contributed by atoms with Gasteiger partial charge in [-0.25, -0.2) is 0 Å². The number of fused-ring (bicyclic) bond motifs is 3. The molecule has 0 N–H and O–H groups in total. The van der Waals surface area contributed by atoms with Crippen LogP contribution in [0.5, 0.6) is 0 Å². The first kappa shape index (κ1) is 13.5. The van der Waals surface area contributed by atoms with E-state index >= 15 is 0 Å². The Balaban J connectivity index is 0.000000226. The number of hydrogen-bond acceptors (Lipinski definition) is 0. The van der Waals surface area contributed by atoms with Crippen LogP contribution in [0.1, 0.15) is 53.4 Å². The topological polar surface area (TPSA) is 0 Å². The normalized spacial score (nSPS) is 35.8. The Kier molecular flexibility index (Phi) is 4.41. The van der Waals surface area contributed by atoms with E-state index in [1.807, 2.05) is 5.57 Å². The van der Waals surface area contributed by atoms with Gasteiger partial charge in [0, 0.05) is 0 Å². The molecule has 0 heteroatoms. The van der Waals surface area contributed by atoms with Gasteiger partial charge in [-0.3, -0.25) is 0 Å². The van der Waals surface area contributed by atoms with E-state index in [2.05, 4.69) is 46.9 Å². The SMILES string of the molecule is C=C.CC1(C)C2C[C@@H]2C2=CCC[C@@H]21.CCC. The lowest BCUT2D eigenvalue weighted by Gasteiger charge is -2.28. The van der Waals surface area contributed by atoms with Crippen molar-refractivity contribution >= 4 is 0 Å². The van der Waals surface area contributed by atoms with Crippen LogP contribution in [0.2, 0.25) is 0 Å². The molecule has 0 spiro atoms. The summed E-state index contributed by atoms with van der Waals surface area (Å²) in [4.78, 5) is 0. The monoisotopic (exact) mass is 220 g/mol. The van der Waals surface area contributed by atoms with Crippen LogP contribution < -0.4 is 0 Å². The first-order valence-corrected chi connectivity index (χ1v) is 6.82. The summed E-state index contributed by atoms with van der Waals surface area (Å²) in [6.45, 7) is 15.2. The van der Waals surface area contributed by atoms with Crippen molar-refractivity contribution in [2.24, 2.45) is 23.2 Å². The lowest BCUT2D eigenvalue weighted by atomic mass is 9.76. The molecular formula is C16H28. The quantitative estimate of drug-likeness (QED) is 0.491. The van der Waals surface area contributed by atoms with E-state index in [0.717, 1.165) is 17.8 Å². The number of allylic oxidation sites excluding steroid dienone is 2. The van der Waals surface area contributed by atoms with Gasteiger partial charge in [0.2, 0.25) is 0 Å². The maximum Gasteiger partial charge on any atom is -0.0143 e. The predicted octanol–water partition coefficient (Wildman–Crippen LogP) is 5.22. The van der Waals surface area contributed by atoms with Crippen LogP contribution >= 0.6 is 0 Å². The van der Waals surface area contributed by atoms with Crippen molar-refractivity contribution in [3.63, 3.8) is 0 Å². The molecule has 3 atom stereocenters. The summed E-state index contributed by atoms with van der Waals surface area (Å²) in [7, 11) is 0. The number of rotatable bonds is 0. The molecule has 0 aromatic rings. The van der Waals surface area contributed by atoms with Crippen molar-refractivity contribution < 1.29 is 0 Å². The zero-order chi connectivity index (χ0) is 12.3. The minimum Gasteiger partial charge on any atom is -0.106 e. The van der Waals surface area contributed by atoms with Crippen molar-refractivity contribution in [3.8, 4) is 0 Å². The van der Waals surface area contributed by atoms with Crippen molar-refractivity contribution in [3.05, 3.63) is 24.8 Å². The summed E-state index contributed by atoms with van der Waals surface area (Å²) in [5.41, 5.74) is 2.51. The largest absolute Gasteiger partial charge is 0.106 e. The van der Waals surface area contributed by atoms with Crippen molar-refractivity contribution in [2.45, 2.75) is 53.4 Å². The standard InChI is InChI=1S/C11H16.C3H8.C2H4/c1-11(2)9-5-3-4-7(9)8-6-10(8)11;1-3-2;1-2/h4,8-10H,3,5-6H2,1-2H3;3H2,1-2H3;1-2H2/t8-,9+,10?;;/m1../s1. The maximum absolute atomic E-state index is 3.00. The van der Waals surface area contributed by atoms with Crippen LogP contribution in [-0.4, -0.2) is 0 Å². The molecule has 0 aliphatic heterocycles. The molecule has 16 heavy (non-hydrogen) atoms. The third kappa shape index (κ3) is 2.12. The minimum absolute atomic E-state index is 0.660. The molecule has 0 radical (unpaired) electrons. The van der Waals surface area contributed by atoms with Crippen LogP contribution in [0.3, 0.4) is 0 Å². The molecule has 3 aliphatic rings. The van der Waals surface area contributed by atoms with Crippen LogP contribution in [0, 0.1) is 23.2 Å². The van der Waals surface area contributed by atoms with Gasteiger partial charge in [0.15, 0.2) is 0 Å². The lowest BCUT2D eigenvalue weighted by Crippen LogP contribution is -2.21. The summed E-state index contributed by atoms with van der Waals surface area (Å²) in [6, 6.07) is 0. The lowest BCUT2D eigenvalue weighted by molar-refractivity contribution is 0.235. The average Bonchev–Trinajstić information content (AvgIpc) is 2.86. The van der Waals surface area contributed by atoms with E-state index in [1.165, 1.54) is 25.7 Å². The highest BCUT2D eigenvalue weighted by Gasteiger charge is 2.61. The summed E-state index contributed by atoms with van der Waals surface area (Å²) in [6.07, 6.45) is 8.11. The Morgan fingerprint density at radius 3 is 2.38 bits per heavy atom. The fourth-order valence-corrected chi connectivity index (χ4v) is 3.58. The first-order valence-electron chi connectivity index (χ1n) is 6.82. The van der Waals surface area contributed by atoms with Gasteiger partial charge in [0.1, 0.15) is 0 Å². The second kappa shape index (κ2) is 5.21. The fraction of sp³-hybridized carbons (Fsp3) is 0.750. The van der Waals surface area contributed by atoms with Crippen LogP contribution in [0.15, 0.2) is 24.8 Å². The molecule has 92 valence electrons. The van der Waals surface area contributed by atoms with Crippen molar-refractivity contribution in [1.29, 1.82) is 0 Å². The van der Waals surface area contributed by atoms with E-state index in [4.69, 9.17) is 0 Å². The Morgan fingerprint density at radius 2 is 1.88 bits per heavy atom. The van der Waals surface area contributed by atoms with E-state index < -0.39 is 0 Å². The first-order chi connectivity index (χ1) is 7.62. The molecule has 3 rings (SSSR count). The van der Waals surface area contributed by atoms with Gasteiger partial charge in [-0.05, 0) is 42.4 Å². The minimum atomic E-state index is 0.660. The van der Waals surface area contributed by atoms with Crippen LogP contribution in [-0.2, 0) is 0 Å². The molecule has 3 aliphatic carbocycles. The smallest absolute Gasteiger partial charge is 0.0143 e. The summed E-state index contributed by atoms with van der Waals surface area (Å²) in [5.74, 6) is 3.09. The van der Waals surface area contributed by atoms with Crippen molar-refractivity contribution in [2.75, 3.05) is 0 Å². The summed E-state index contributed by atoms with van der Waals surface area (Å²) < 4.78 is 0. The second-order valence-electron chi connectivity index (χ2n) is 5.81. The predicted molar refractivity (Wildman–Crippen MR) is 73.4 cm³/mol. The van der Waals surface area contributed by atoms with Gasteiger partial charge in [-0.15, -0.1) is 13.2 Å². The Hall–Kier alpha value is -0.520. The molecule has 2 fully saturated rings. The number of hydrogen-bond donors (Lipinski definition) is 0. The molecule has 0 aromatic heterocycles. The van der Waals surface area contributed by atoms with Crippen LogP contribution in [0.25, 0.3) is 0 Å². The third-order valence-electron chi connectivity index (χ3n) is 4.31. The molecule has 0 saturated heterocycles. The second-order valence-corrected chi connectivity index (χ2v) is 5.81. The zero-order valence-electron chi connectivity index (χ0n) is 11.6. The highest BCUT2D eigenvalue weighted by Crippen LogP contribution is 2.69. The fourth-order valence-electron chi connectivity index (χ4n) is 3.58. The summed E-state index contributed by atoms with van der Waals surface area (Å²) in [5, 5.41) is 0. The van der Waals surface area contributed by atoms with Gasteiger partial charge in [-0.2, -0.15) is 0 Å². The Morgan fingerprint density at radius 1 is 1.31 bits per heavy atom. The summed E-state index contributed by atoms with van der Waals surface area (Å²) >= 11 is 0. The molecule has 0 amide bonds. The third-order valence-corrected chi connectivity index (χ3v) is 4.31. The molecule has 1 unspecified atom stereocenters. The zero-order valence-corrected chi connectivity index (χ0v) is 11.6. The highest BCUT2D eigenvalue weighted by atomic mass is 14.7. The van der Waals surface area contributed by atoms with Gasteiger partial charge in [0.05, 0.1) is 0 Å². The molecule has 2 saturated carbocycles. The highest BCUT2D eigenvalue weighted by molar-refractivity contribution is 5.33. The maximum atomic E-state index is 3.00. The van der Waals surface area contributed by atoms with E-state index in [1.54, 1.807) is 0 Å². The van der Waals surface area contributed by atoms with E-state index in [0.29, 0.717) is 5.41 Å².